The van der Waals surface area contributed by atoms with Crippen molar-refractivity contribution >= 4 is 9.69 Å². The van der Waals surface area contributed by atoms with E-state index in [0.717, 1.165) is 22.9 Å². The molecule has 1 aliphatic rings. The summed E-state index contributed by atoms with van der Waals surface area (Å²) in [5.41, 5.74) is 1.01. The van der Waals surface area contributed by atoms with Gasteiger partial charge < -0.3 is 5.32 Å². The van der Waals surface area contributed by atoms with Gasteiger partial charge in [-0.15, -0.1) is 0 Å². The molecule has 0 unspecified atom stereocenters. The molecule has 1 heterocycles. The van der Waals surface area contributed by atoms with Crippen LogP contribution in [0.2, 0.25) is 0 Å². The van der Waals surface area contributed by atoms with Gasteiger partial charge in [-0.05, 0) is 5.57 Å². The number of hydrogen-bond acceptors (Lipinski definition) is 0. The summed E-state index contributed by atoms with van der Waals surface area (Å²) in [5, 5.41) is 3.81. The molecular formula is C6H6ClNZn. The molecule has 9 heavy (non-hydrogen) atoms. The Labute approximate surface area is 69.2 Å². The third-order valence-electron chi connectivity index (χ3n) is 0.749. The SMILES string of the molecule is C=C1C=C[N-]C=C1.[Cl][Zn+]. The summed E-state index contributed by atoms with van der Waals surface area (Å²) in [4.78, 5) is 0. The molecule has 0 saturated heterocycles. The van der Waals surface area contributed by atoms with E-state index in [1.165, 1.54) is 0 Å². The Morgan fingerprint density at radius 2 is 1.78 bits per heavy atom. The summed E-state index contributed by atoms with van der Waals surface area (Å²) in [6, 6.07) is 0. The average Bonchev–Trinajstić information content (AvgIpc) is 1.94. The monoisotopic (exact) mass is 191 g/mol. The van der Waals surface area contributed by atoms with Gasteiger partial charge in [0.25, 0.3) is 0 Å². The van der Waals surface area contributed by atoms with Crippen LogP contribution in [0.3, 0.4) is 0 Å². The molecule has 0 amide bonds. The molecule has 0 aromatic heterocycles. The van der Waals surface area contributed by atoms with Gasteiger partial charge in [0.2, 0.25) is 0 Å². The zero-order chi connectivity index (χ0) is 7.11. The van der Waals surface area contributed by atoms with Crippen LogP contribution in [-0.2, 0) is 17.3 Å². The summed E-state index contributed by atoms with van der Waals surface area (Å²) in [6.07, 6.45) is 7.17. The molecule has 0 radical (unpaired) electrons. The molecule has 0 aromatic rings. The first-order valence-electron chi connectivity index (χ1n) is 2.38. The first-order chi connectivity index (χ1) is 4.39. The maximum absolute atomic E-state index is 4.76. The Kier molecular flexibility index (Phi) is 6.01. The van der Waals surface area contributed by atoms with E-state index >= 15 is 0 Å². The summed E-state index contributed by atoms with van der Waals surface area (Å²) in [5.74, 6) is 0. The molecule has 44 valence electrons. The predicted molar refractivity (Wildman–Crippen MR) is 36.6 cm³/mol. The van der Waals surface area contributed by atoms with E-state index in [4.69, 9.17) is 9.69 Å². The molecular weight excluding hydrogens is 187 g/mol. The van der Waals surface area contributed by atoms with Crippen LogP contribution >= 0.6 is 9.69 Å². The molecule has 1 aliphatic heterocycles. The molecule has 3 heteroatoms. The Hall–Kier alpha value is -0.0666. The van der Waals surface area contributed by atoms with E-state index < -0.39 is 0 Å². The number of nitrogens with zero attached hydrogens (tertiary/aromatic N) is 1. The van der Waals surface area contributed by atoms with Crippen LogP contribution in [0.15, 0.2) is 36.7 Å². The summed E-state index contributed by atoms with van der Waals surface area (Å²) < 4.78 is 0. The third-order valence-corrected chi connectivity index (χ3v) is 0.749. The van der Waals surface area contributed by atoms with E-state index in [2.05, 4.69) is 11.9 Å². The van der Waals surface area contributed by atoms with Gasteiger partial charge in [-0.1, -0.05) is 18.7 Å². The Morgan fingerprint density at radius 1 is 1.33 bits per heavy atom. The molecule has 0 N–H and O–H groups in total. The van der Waals surface area contributed by atoms with Gasteiger partial charge in [0.15, 0.2) is 0 Å². The molecule has 0 bridgehead atoms. The first kappa shape index (κ1) is 8.93. The molecule has 0 fully saturated rings. The van der Waals surface area contributed by atoms with E-state index in [9.17, 15) is 0 Å². The fourth-order valence-corrected chi connectivity index (χ4v) is 0.383. The van der Waals surface area contributed by atoms with Gasteiger partial charge >= 0.3 is 27.0 Å². The average molecular weight is 193 g/mol. The van der Waals surface area contributed by atoms with Gasteiger partial charge in [0.1, 0.15) is 0 Å². The Morgan fingerprint density at radius 3 is 2.00 bits per heavy atom. The van der Waals surface area contributed by atoms with E-state index in [0.29, 0.717) is 0 Å². The third kappa shape index (κ3) is 4.44. The quantitative estimate of drug-likeness (QED) is 0.525. The van der Waals surface area contributed by atoms with E-state index in [1.807, 2.05) is 12.2 Å². The van der Waals surface area contributed by atoms with Crippen molar-refractivity contribution in [2.24, 2.45) is 0 Å². The van der Waals surface area contributed by atoms with Crippen molar-refractivity contribution in [1.82, 2.24) is 0 Å². The van der Waals surface area contributed by atoms with Gasteiger partial charge in [-0.3, -0.25) is 0 Å². The maximum atomic E-state index is 4.76. The van der Waals surface area contributed by atoms with Crippen molar-refractivity contribution in [3.05, 3.63) is 42.0 Å². The van der Waals surface area contributed by atoms with Crippen molar-refractivity contribution in [2.45, 2.75) is 0 Å². The topological polar surface area (TPSA) is 14.1 Å². The van der Waals surface area contributed by atoms with Crippen LogP contribution in [0.1, 0.15) is 0 Å². The Balaban J connectivity index is 0.000000291. The molecule has 0 saturated carbocycles. The van der Waals surface area contributed by atoms with Gasteiger partial charge in [-0.25, -0.2) is 0 Å². The second-order valence-electron chi connectivity index (χ2n) is 1.36. The van der Waals surface area contributed by atoms with Crippen LogP contribution in [0, 0.1) is 0 Å². The molecule has 0 aromatic carbocycles. The van der Waals surface area contributed by atoms with Gasteiger partial charge in [0, 0.05) is 0 Å². The number of allylic oxidation sites excluding steroid dienone is 3. The van der Waals surface area contributed by atoms with Crippen LogP contribution < -0.4 is 0 Å². The standard InChI is InChI=1S/C6H6N.ClH.Zn/c1-6-2-4-7-5-3-6;;/h2-5H,1H2;1H;/q-1;;+2/p-1. The van der Waals surface area contributed by atoms with Crippen molar-refractivity contribution in [1.29, 1.82) is 0 Å². The summed E-state index contributed by atoms with van der Waals surface area (Å²) in [6.45, 7) is 3.68. The minimum atomic E-state index is 0.847. The summed E-state index contributed by atoms with van der Waals surface area (Å²) in [7, 11) is 4.76. The van der Waals surface area contributed by atoms with Crippen molar-refractivity contribution in [2.75, 3.05) is 0 Å². The fraction of sp³-hybridized carbons (Fsp3) is 0. The normalized spacial score (nSPS) is 13.9. The number of rotatable bonds is 0. The molecule has 1 rings (SSSR count). The van der Waals surface area contributed by atoms with Crippen LogP contribution in [0.4, 0.5) is 0 Å². The van der Waals surface area contributed by atoms with Gasteiger partial charge in [0.05, 0.1) is 0 Å². The second-order valence-corrected chi connectivity index (χ2v) is 1.36. The fourth-order valence-electron chi connectivity index (χ4n) is 0.383. The minimum absolute atomic E-state index is 0.847. The van der Waals surface area contributed by atoms with E-state index in [1.54, 1.807) is 12.4 Å². The number of halogens is 1. The Bertz CT molecular complexity index is 126. The van der Waals surface area contributed by atoms with Crippen molar-refractivity contribution in [3.8, 4) is 0 Å². The van der Waals surface area contributed by atoms with Crippen molar-refractivity contribution in [3.63, 3.8) is 0 Å². The van der Waals surface area contributed by atoms with Crippen molar-refractivity contribution < 1.29 is 17.3 Å². The molecule has 0 aliphatic carbocycles. The van der Waals surface area contributed by atoms with Gasteiger partial charge in [-0.2, -0.15) is 12.4 Å². The second kappa shape index (κ2) is 6.06. The van der Waals surface area contributed by atoms with Crippen LogP contribution in [-0.4, -0.2) is 0 Å². The summed E-state index contributed by atoms with van der Waals surface area (Å²) >= 11 is 0.847. The predicted octanol–water partition coefficient (Wildman–Crippen LogP) is 2.64. The molecule has 1 nitrogen and oxygen atoms in total. The molecule has 0 atom stereocenters. The number of hydrogen-bond donors (Lipinski definition) is 0. The first-order valence-corrected chi connectivity index (χ1v) is 6.28. The van der Waals surface area contributed by atoms with Crippen LogP contribution in [0.25, 0.3) is 5.32 Å². The van der Waals surface area contributed by atoms with Crippen LogP contribution in [0.5, 0.6) is 0 Å². The zero-order valence-electron chi connectivity index (χ0n) is 5.05. The van der Waals surface area contributed by atoms with E-state index in [-0.39, 0.29) is 0 Å². The molecule has 0 spiro atoms. The zero-order valence-corrected chi connectivity index (χ0v) is 8.77.